The van der Waals surface area contributed by atoms with Crippen molar-refractivity contribution in [2.45, 2.75) is 44.6 Å². The van der Waals surface area contributed by atoms with Crippen LogP contribution in [0, 0.1) is 0 Å². The zero-order chi connectivity index (χ0) is 17.2. The van der Waals surface area contributed by atoms with Crippen molar-refractivity contribution in [3.8, 4) is 0 Å². The Morgan fingerprint density at radius 1 is 0.680 bits per heavy atom. The molecule has 0 N–H and O–H groups in total. The molecule has 0 unspecified atom stereocenters. The van der Waals surface area contributed by atoms with E-state index in [1.54, 1.807) is 0 Å². The number of nitrogens with zero attached hydrogens (tertiary/aromatic N) is 2. The van der Waals surface area contributed by atoms with E-state index in [0.717, 1.165) is 11.1 Å². The number of hydrogen-bond acceptors (Lipinski definition) is 4. The Kier molecular flexibility index (Phi) is 4.26. The van der Waals surface area contributed by atoms with Gasteiger partial charge in [-0.25, -0.2) is 9.98 Å². The second kappa shape index (κ2) is 6.71. The number of aliphatic imine (C=N–C) groups is 2. The van der Waals surface area contributed by atoms with Crippen molar-refractivity contribution < 1.29 is 9.47 Å². The summed E-state index contributed by atoms with van der Waals surface area (Å²) in [4.78, 5) is 9.33. The summed E-state index contributed by atoms with van der Waals surface area (Å²) < 4.78 is 12.2. The highest BCUT2D eigenvalue weighted by Gasteiger charge is 2.33. The molecule has 0 saturated carbocycles. The minimum atomic E-state index is -0.0273. The van der Waals surface area contributed by atoms with Crippen LogP contribution in [0.1, 0.15) is 43.6 Å². The van der Waals surface area contributed by atoms with Gasteiger partial charge < -0.3 is 9.47 Å². The monoisotopic (exact) mass is 334 g/mol. The van der Waals surface area contributed by atoms with Gasteiger partial charge in [0.25, 0.3) is 0 Å². The Balaban J connectivity index is 1.42. The Hall–Kier alpha value is -2.62. The molecule has 25 heavy (non-hydrogen) atoms. The van der Waals surface area contributed by atoms with Crippen LogP contribution < -0.4 is 0 Å². The molecule has 0 aliphatic carbocycles. The highest BCUT2D eigenvalue weighted by atomic mass is 16.5. The average Bonchev–Trinajstić information content (AvgIpc) is 3.19. The molecule has 4 nitrogen and oxygen atoms in total. The number of hydrogen-bond donors (Lipinski definition) is 0. The first kappa shape index (κ1) is 15.9. The maximum Gasteiger partial charge on any atom is 0.193 e. The van der Waals surface area contributed by atoms with Crippen LogP contribution in [0.25, 0.3) is 0 Å². The molecule has 0 spiro atoms. The summed E-state index contributed by atoms with van der Waals surface area (Å²) in [6.45, 7) is 4.16. The lowest BCUT2D eigenvalue weighted by Crippen LogP contribution is -2.14. The molecular weight excluding hydrogens is 312 g/mol. The predicted octanol–water partition coefficient (Wildman–Crippen LogP) is 4.49. The second-order valence-electron chi connectivity index (χ2n) is 6.60. The van der Waals surface area contributed by atoms with Crippen LogP contribution >= 0.6 is 0 Å². The molecule has 0 bridgehead atoms. The van der Waals surface area contributed by atoms with Crippen LogP contribution in [0.4, 0.5) is 0 Å². The van der Waals surface area contributed by atoms with Crippen molar-refractivity contribution in [3.05, 3.63) is 71.8 Å². The third kappa shape index (κ3) is 3.29. The smallest absolute Gasteiger partial charge is 0.193 e. The SMILES string of the molecule is C[C@H]1N=C(CC2=N[C@H](C)[C@@H](c3ccccc3)O2)O[C@@H]1c1ccccc1. The standard InChI is InChI=1S/C21H22N2O2/c1-14-20(16-9-5-3-6-10-16)24-18(22-14)13-19-23-15(2)21(25-19)17-11-7-4-8-12-17/h3-12,14-15,20-21H,13H2,1-2H3/t14-,15-,20+,21+/m1/s1. The van der Waals surface area contributed by atoms with E-state index < -0.39 is 0 Å². The van der Waals surface area contributed by atoms with Crippen molar-refractivity contribution in [2.75, 3.05) is 0 Å². The molecule has 0 fully saturated rings. The van der Waals surface area contributed by atoms with Crippen molar-refractivity contribution in [1.82, 2.24) is 0 Å². The molecule has 128 valence electrons. The van der Waals surface area contributed by atoms with E-state index in [1.165, 1.54) is 0 Å². The molecule has 4 atom stereocenters. The van der Waals surface area contributed by atoms with Crippen LogP contribution in [0.15, 0.2) is 70.6 Å². The molecule has 0 radical (unpaired) electrons. The van der Waals surface area contributed by atoms with Crippen molar-refractivity contribution >= 4 is 11.8 Å². The number of ether oxygens (including phenoxy) is 2. The maximum absolute atomic E-state index is 6.09. The van der Waals surface area contributed by atoms with Gasteiger partial charge in [0, 0.05) is 0 Å². The van der Waals surface area contributed by atoms with E-state index in [4.69, 9.17) is 9.47 Å². The number of benzene rings is 2. The van der Waals surface area contributed by atoms with E-state index in [1.807, 2.05) is 36.4 Å². The summed E-state index contributed by atoms with van der Waals surface area (Å²) in [5.74, 6) is 1.42. The zero-order valence-electron chi connectivity index (χ0n) is 14.5. The maximum atomic E-state index is 6.09. The van der Waals surface area contributed by atoms with Gasteiger partial charge in [-0.2, -0.15) is 0 Å². The van der Waals surface area contributed by atoms with Crippen molar-refractivity contribution in [3.63, 3.8) is 0 Å². The van der Waals surface area contributed by atoms with Crippen LogP contribution in [0.5, 0.6) is 0 Å². The molecule has 0 amide bonds. The highest BCUT2D eigenvalue weighted by molar-refractivity contribution is 5.98. The summed E-state index contributed by atoms with van der Waals surface area (Å²) in [5, 5.41) is 0. The first-order valence-electron chi connectivity index (χ1n) is 8.77. The summed E-state index contributed by atoms with van der Waals surface area (Å²) in [7, 11) is 0. The summed E-state index contributed by atoms with van der Waals surface area (Å²) in [6.07, 6.45) is 0.461. The van der Waals surface area contributed by atoms with Gasteiger partial charge >= 0.3 is 0 Å². The van der Waals surface area contributed by atoms with Gasteiger partial charge in [0.05, 0.1) is 18.5 Å². The van der Waals surface area contributed by atoms with Gasteiger partial charge in [0.2, 0.25) is 0 Å². The number of rotatable bonds is 4. The molecule has 2 aromatic rings. The van der Waals surface area contributed by atoms with Crippen LogP contribution in [-0.4, -0.2) is 23.9 Å². The Morgan fingerprint density at radius 2 is 1.08 bits per heavy atom. The van der Waals surface area contributed by atoms with Gasteiger partial charge in [0.1, 0.15) is 12.2 Å². The molecule has 0 aromatic heterocycles. The minimum Gasteiger partial charge on any atom is -0.470 e. The minimum absolute atomic E-state index is 0.0273. The van der Waals surface area contributed by atoms with Crippen LogP contribution in [0.3, 0.4) is 0 Å². The largest absolute Gasteiger partial charge is 0.470 e. The van der Waals surface area contributed by atoms with Gasteiger partial charge in [-0.05, 0) is 25.0 Å². The molecule has 2 heterocycles. The van der Waals surface area contributed by atoms with Crippen LogP contribution in [-0.2, 0) is 9.47 Å². The zero-order valence-corrected chi connectivity index (χ0v) is 14.5. The highest BCUT2D eigenvalue weighted by Crippen LogP contribution is 2.33. The topological polar surface area (TPSA) is 43.2 Å². The predicted molar refractivity (Wildman–Crippen MR) is 98.9 cm³/mol. The van der Waals surface area contributed by atoms with E-state index in [-0.39, 0.29) is 24.3 Å². The Labute approximate surface area is 148 Å². The van der Waals surface area contributed by atoms with E-state index in [2.05, 4.69) is 48.1 Å². The first-order valence-corrected chi connectivity index (χ1v) is 8.77. The lowest BCUT2D eigenvalue weighted by molar-refractivity contribution is 0.188. The van der Waals surface area contributed by atoms with Gasteiger partial charge in [-0.15, -0.1) is 0 Å². The molecule has 2 aromatic carbocycles. The van der Waals surface area contributed by atoms with Crippen molar-refractivity contribution in [2.24, 2.45) is 9.98 Å². The fraction of sp³-hybridized carbons (Fsp3) is 0.333. The molecule has 4 heteroatoms. The molecule has 2 aliphatic heterocycles. The van der Waals surface area contributed by atoms with Crippen LogP contribution in [0.2, 0.25) is 0 Å². The summed E-state index contributed by atoms with van der Waals surface area (Å²) in [5.41, 5.74) is 2.30. The molecule has 4 rings (SSSR count). The second-order valence-corrected chi connectivity index (χ2v) is 6.60. The average molecular weight is 334 g/mol. The third-order valence-electron chi connectivity index (χ3n) is 4.66. The summed E-state index contributed by atoms with van der Waals surface area (Å²) in [6, 6.07) is 20.6. The molecule has 0 saturated heterocycles. The fourth-order valence-corrected chi connectivity index (χ4v) is 3.42. The van der Waals surface area contributed by atoms with Crippen molar-refractivity contribution in [1.29, 1.82) is 0 Å². The van der Waals surface area contributed by atoms with E-state index in [0.29, 0.717) is 18.2 Å². The lowest BCUT2D eigenvalue weighted by atomic mass is 10.0. The van der Waals surface area contributed by atoms with E-state index in [9.17, 15) is 0 Å². The first-order chi connectivity index (χ1) is 12.2. The Bertz CT molecular complexity index is 719. The Morgan fingerprint density at radius 3 is 1.48 bits per heavy atom. The normalized spacial score (nSPS) is 28.1. The third-order valence-corrected chi connectivity index (χ3v) is 4.66. The van der Waals surface area contributed by atoms with Gasteiger partial charge in [-0.1, -0.05) is 60.7 Å². The quantitative estimate of drug-likeness (QED) is 0.826. The molecule has 2 aliphatic rings. The van der Waals surface area contributed by atoms with E-state index >= 15 is 0 Å². The molecular formula is C21H22N2O2. The van der Waals surface area contributed by atoms with Gasteiger partial charge in [0.15, 0.2) is 11.8 Å². The fourth-order valence-electron chi connectivity index (χ4n) is 3.42. The lowest BCUT2D eigenvalue weighted by Gasteiger charge is -2.16. The summed E-state index contributed by atoms with van der Waals surface area (Å²) >= 11 is 0. The van der Waals surface area contributed by atoms with Gasteiger partial charge in [-0.3, -0.25) is 0 Å².